The molecule has 0 saturated carbocycles. The molecule has 1 aliphatic rings. The molecule has 0 atom stereocenters. The zero-order valence-corrected chi connectivity index (χ0v) is 10.0. The summed E-state index contributed by atoms with van der Waals surface area (Å²) in [7, 11) is -3.83. The Bertz CT molecular complexity index is 763. The molecule has 2 aromatic heterocycles. The highest BCUT2D eigenvalue weighted by atomic mass is 32.2. The normalized spacial score (nSPS) is 15.5. The van der Waals surface area contributed by atoms with Crippen LogP contribution in [0.4, 0.5) is 0 Å². The molecule has 0 aromatic carbocycles. The predicted molar refractivity (Wildman–Crippen MR) is 63.5 cm³/mol. The number of hydrogen-bond donors (Lipinski definition) is 3. The number of nitrogens with one attached hydrogen (secondary N) is 2. The molecule has 7 nitrogen and oxygen atoms in total. The lowest BCUT2D eigenvalue weighted by Crippen LogP contribution is -2.33. The molecule has 1 amide bonds. The van der Waals surface area contributed by atoms with Crippen LogP contribution in [0.3, 0.4) is 0 Å². The molecule has 0 bridgehead atoms. The number of sulfonamides is 1. The number of carbonyl (C=O) groups excluding carboxylic acids is 1. The Morgan fingerprint density at radius 3 is 2.89 bits per heavy atom. The van der Waals surface area contributed by atoms with Crippen LogP contribution in [0.5, 0.6) is 0 Å². The SMILES string of the molecule is NS(=O)(=O)c1c[nH]c2cnc3c(c12)CCNC3=O. The second kappa shape index (κ2) is 3.53. The van der Waals surface area contributed by atoms with Crippen molar-refractivity contribution in [2.75, 3.05) is 6.54 Å². The fraction of sp³-hybridized carbons (Fsp3) is 0.200. The smallest absolute Gasteiger partial charge is 0.270 e. The molecule has 94 valence electrons. The first-order valence-electron chi connectivity index (χ1n) is 5.28. The minimum atomic E-state index is -3.83. The maximum Gasteiger partial charge on any atom is 0.270 e. The van der Waals surface area contributed by atoms with E-state index in [2.05, 4.69) is 15.3 Å². The molecular formula is C10H10N4O3S. The van der Waals surface area contributed by atoms with Crippen molar-refractivity contribution in [2.24, 2.45) is 5.14 Å². The monoisotopic (exact) mass is 266 g/mol. The summed E-state index contributed by atoms with van der Waals surface area (Å²) in [6, 6.07) is 0. The van der Waals surface area contributed by atoms with Gasteiger partial charge in [0.05, 0.1) is 11.7 Å². The van der Waals surface area contributed by atoms with E-state index in [0.717, 1.165) is 0 Å². The largest absolute Gasteiger partial charge is 0.359 e. The average molecular weight is 266 g/mol. The van der Waals surface area contributed by atoms with Gasteiger partial charge in [0, 0.05) is 18.1 Å². The van der Waals surface area contributed by atoms with E-state index >= 15 is 0 Å². The van der Waals surface area contributed by atoms with Gasteiger partial charge < -0.3 is 10.3 Å². The van der Waals surface area contributed by atoms with E-state index in [9.17, 15) is 13.2 Å². The van der Waals surface area contributed by atoms with Gasteiger partial charge >= 0.3 is 0 Å². The average Bonchev–Trinajstić information content (AvgIpc) is 2.73. The van der Waals surface area contributed by atoms with Crippen LogP contribution >= 0.6 is 0 Å². The van der Waals surface area contributed by atoms with Gasteiger partial charge in [-0.25, -0.2) is 18.5 Å². The Morgan fingerprint density at radius 1 is 1.39 bits per heavy atom. The van der Waals surface area contributed by atoms with Crippen LogP contribution in [0, 0.1) is 0 Å². The first-order chi connectivity index (χ1) is 8.48. The lowest BCUT2D eigenvalue weighted by atomic mass is 10.0. The second-order valence-electron chi connectivity index (χ2n) is 4.08. The third-order valence-electron chi connectivity index (χ3n) is 2.97. The van der Waals surface area contributed by atoms with Crippen LogP contribution in [0.2, 0.25) is 0 Å². The molecule has 0 radical (unpaired) electrons. The Hall–Kier alpha value is -1.93. The summed E-state index contributed by atoms with van der Waals surface area (Å²) in [5.41, 5.74) is 1.45. The molecule has 4 N–H and O–H groups in total. The Labute approximate surface area is 102 Å². The van der Waals surface area contributed by atoms with Gasteiger partial charge in [0.2, 0.25) is 10.0 Å². The maximum atomic E-state index is 11.6. The summed E-state index contributed by atoms with van der Waals surface area (Å²) in [5, 5.41) is 8.30. The molecule has 0 fully saturated rings. The molecule has 0 unspecified atom stereocenters. The summed E-state index contributed by atoms with van der Waals surface area (Å²) < 4.78 is 23.0. The van der Waals surface area contributed by atoms with Gasteiger partial charge in [0.1, 0.15) is 10.6 Å². The van der Waals surface area contributed by atoms with Crippen LogP contribution in [0.15, 0.2) is 17.3 Å². The Morgan fingerprint density at radius 2 is 2.17 bits per heavy atom. The highest BCUT2D eigenvalue weighted by Crippen LogP contribution is 2.28. The molecule has 18 heavy (non-hydrogen) atoms. The van der Waals surface area contributed by atoms with Gasteiger partial charge in [-0.2, -0.15) is 0 Å². The molecule has 0 aliphatic carbocycles. The highest BCUT2D eigenvalue weighted by molar-refractivity contribution is 7.89. The topological polar surface area (TPSA) is 118 Å². The second-order valence-corrected chi connectivity index (χ2v) is 5.61. The summed E-state index contributed by atoms with van der Waals surface area (Å²) >= 11 is 0. The fourth-order valence-electron chi connectivity index (χ4n) is 2.21. The third kappa shape index (κ3) is 1.50. The lowest BCUT2D eigenvalue weighted by Gasteiger charge is -2.16. The van der Waals surface area contributed by atoms with Gasteiger partial charge in [0.15, 0.2) is 0 Å². The zero-order valence-electron chi connectivity index (χ0n) is 9.23. The van der Waals surface area contributed by atoms with Crippen molar-refractivity contribution < 1.29 is 13.2 Å². The van der Waals surface area contributed by atoms with Gasteiger partial charge in [0.25, 0.3) is 5.91 Å². The number of pyridine rings is 1. The quantitative estimate of drug-likeness (QED) is 0.644. The first-order valence-corrected chi connectivity index (χ1v) is 6.83. The lowest BCUT2D eigenvalue weighted by molar-refractivity contribution is 0.0941. The number of primary sulfonamides is 1. The molecular weight excluding hydrogens is 256 g/mol. The first kappa shape index (κ1) is 11.2. The van der Waals surface area contributed by atoms with Crippen LogP contribution in [-0.2, 0) is 16.4 Å². The standard InChI is InChI=1S/C10H10N4O3S/c11-18(16,17)7-4-13-6-3-14-9-5(8(6)7)1-2-12-10(9)15/h3-4,13H,1-2H2,(H,12,15)(H2,11,16,17). The minimum absolute atomic E-state index is 0.00542. The number of H-pyrrole nitrogens is 1. The molecule has 3 heterocycles. The van der Waals surface area contributed by atoms with Crippen LogP contribution in [0.1, 0.15) is 16.1 Å². The fourth-order valence-corrected chi connectivity index (χ4v) is 2.95. The van der Waals surface area contributed by atoms with E-state index < -0.39 is 10.0 Å². The van der Waals surface area contributed by atoms with E-state index in [4.69, 9.17) is 5.14 Å². The molecule has 0 saturated heterocycles. The van der Waals surface area contributed by atoms with E-state index in [1.54, 1.807) is 0 Å². The third-order valence-corrected chi connectivity index (χ3v) is 3.90. The summed E-state index contributed by atoms with van der Waals surface area (Å²) in [6.07, 6.45) is 3.30. The Balaban J connectivity index is 2.43. The van der Waals surface area contributed by atoms with Gasteiger partial charge in [-0.05, 0) is 12.0 Å². The molecule has 0 spiro atoms. The zero-order chi connectivity index (χ0) is 12.9. The summed E-state index contributed by atoms with van der Waals surface area (Å²) in [6.45, 7) is 0.460. The van der Waals surface area contributed by atoms with Crippen LogP contribution in [-0.4, -0.2) is 30.8 Å². The van der Waals surface area contributed by atoms with E-state index in [0.29, 0.717) is 29.4 Å². The number of fused-ring (bicyclic) bond motifs is 3. The minimum Gasteiger partial charge on any atom is -0.359 e. The number of aromatic nitrogens is 2. The number of amides is 1. The van der Waals surface area contributed by atoms with Crippen molar-refractivity contribution in [2.45, 2.75) is 11.3 Å². The summed E-state index contributed by atoms with van der Waals surface area (Å²) in [5.74, 6) is -0.292. The van der Waals surface area contributed by atoms with Crippen molar-refractivity contribution in [3.05, 3.63) is 23.7 Å². The van der Waals surface area contributed by atoms with Gasteiger partial charge in [-0.3, -0.25) is 4.79 Å². The number of hydrogen-bond acceptors (Lipinski definition) is 4. The van der Waals surface area contributed by atoms with E-state index in [-0.39, 0.29) is 16.5 Å². The van der Waals surface area contributed by atoms with Crippen molar-refractivity contribution in [1.29, 1.82) is 0 Å². The van der Waals surface area contributed by atoms with Gasteiger partial charge in [-0.15, -0.1) is 0 Å². The van der Waals surface area contributed by atoms with Crippen LogP contribution < -0.4 is 10.5 Å². The number of nitrogens with two attached hydrogens (primary N) is 1. The van der Waals surface area contributed by atoms with E-state index in [1.807, 2.05) is 0 Å². The summed E-state index contributed by atoms with van der Waals surface area (Å²) in [4.78, 5) is 18.5. The van der Waals surface area contributed by atoms with Crippen LogP contribution in [0.25, 0.3) is 10.9 Å². The number of aromatic amines is 1. The number of nitrogens with zero attached hydrogens (tertiary/aromatic N) is 1. The van der Waals surface area contributed by atoms with Crippen molar-refractivity contribution in [1.82, 2.24) is 15.3 Å². The molecule has 2 aromatic rings. The molecule has 1 aliphatic heterocycles. The van der Waals surface area contributed by atoms with E-state index in [1.165, 1.54) is 12.4 Å². The molecule has 3 rings (SSSR count). The van der Waals surface area contributed by atoms with Gasteiger partial charge in [-0.1, -0.05) is 0 Å². The van der Waals surface area contributed by atoms with Crippen molar-refractivity contribution in [3.63, 3.8) is 0 Å². The predicted octanol–water partition coefficient (Wildman–Crippen LogP) is -0.504. The Kier molecular flexibility index (Phi) is 2.19. The number of rotatable bonds is 1. The number of carbonyl (C=O) groups is 1. The van der Waals surface area contributed by atoms with Crippen molar-refractivity contribution >= 4 is 26.8 Å². The molecule has 8 heteroatoms. The maximum absolute atomic E-state index is 11.6. The highest BCUT2D eigenvalue weighted by Gasteiger charge is 2.25. The van der Waals surface area contributed by atoms with Crippen molar-refractivity contribution in [3.8, 4) is 0 Å².